The highest BCUT2D eigenvalue weighted by atomic mass is 79.9. The first kappa shape index (κ1) is 28.6. The molecule has 0 unspecified atom stereocenters. The molecule has 1 aromatic carbocycles. The zero-order chi connectivity index (χ0) is 26.7. The van der Waals surface area contributed by atoms with Gasteiger partial charge in [0.05, 0.1) is 27.7 Å². The molecule has 2 aromatic heterocycles. The molecule has 1 amide bonds. The maximum atomic E-state index is 12.8. The van der Waals surface area contributed by atoms with E-state index in [1.165, 1.54) is 32.9 Å². The number of aromatic nitrogens is 4. The Hall–Kier alpha value is -4.00. The monoisotopic (exact) mass is 589 g/mol. The van der Waals surface area contributed by atoms with Crippen molar-refractivity contribution in [3.63, 3.8) is 0 Å². The topological polar surface area (TPSA) is 122 Å². The minimum atomic E-state index is -0.402. The van der Waals surface area contributed by atoms with E-state index < -0.39 is 5.69 Å². The van der Waals surface area contributed by atoms with Crippen LogP contribution in [0.25, 0.3) is 11.2 Å². The third kappa shape index (κ3) is 5.47. The number of hydrogen-bond acceptors (Lipinski definition) is 8. The smallest absolute Gasteiger partial charge is 0.332 e. The number of carbonyl (C=O) groups is 1. The minimum absolute atomic E-state index is 0. The van der Waals surface area contributed by atoms with E-state index in [1.807, 2.05) is 18.4 Å². The standard InChI is InChI=1S/C25H30N6O6.BrH/c1-28-22-20(24(33)29(2)25(28)34)31(15-26-22)10-6-9-30-11-7-17(8-12-30)27-23(32)16-13-18(35-3)21(37-5)19(14-16)36-4;/h7-8,11,13-15H,6,9-10,12H2,1-5H3,(H,27,32);1H/p-1. The van der Waals surface area contributed by atoms with Gasteiger partial charge in [0, 0.05) is 51.2 Å². The van der Waals surface area contributed by atoms with Gasteiger partial charge in [-0.2, -0.15) is 0 Å². The number of nitrogens with zero attached hydrogens (tertiary/aromatic N) is 5. The van der Waals surface area contributed by atoms with Gasteiger partial charge in [0.15, 0.2) is 22.7 Å². The summed E-state index contributed by atoms with van der Waals surface area (Å²) < 4.78 is 20.2. The fraction of sp³-hybridized carbons (Fsp3) is 0.360. The molecule has 0 bridgehead atoms. The van der Waals surface area contributed by atoms with Gasteiger partial charge in [-0.15, -0.1) is 0 Å². The Morgan fingerprint density at radius 3 is 2.29 bits per heavy atom. The normalized spacial score (nSPS) is 12.7. The quantitative estimate of drug-likeness (QED) is 0.304. The van der Waals surface area contributed by atoms with Crippen LogP contribution in [0.2, 0.25) is 0 Å². The Kier molecular flexibility index (Phi) is 9.04. The number of methoxy groups -OCH3 is 3. The number of fused-ring (bicyclic) bond motifs is 1. The average Bonchev–Trinajstić information content (AvgIpc) is 3.34. The molecule has 3 aromatic rings. The van der Waals surface area contributed by atoms with Gasteiger partial charge in [0.25, 0.3) is 11.5 Å². The molecule has 38 heavy (non-hydrogen) atoms. The fourth-order valence-electron chi connectivity index (χ4n) is 4.21. The van der Waals surface area contributed by atoms with Crippen molar-refractivity contribution in [1.29, 1.82) is 0 Å². The molecule has 0 aliphatic carbocycles. The lowest BCUT2D eigenvalue weighted by Crippen LogP contribution is -3.00. The van der Waals surface area contributed by atoms with E-state index in [-0.39, 0.29) is 28.4 Å². The van der Waals surface area contributed by atoms with E-state index in [2.05, 4.69) is 15.2 Å². The lowest BCUT2D eigenvalue weighted by atomic mass is 10.1. The Bertz CT molecular complexity index is 1490. The van der Waals surface area contributed by atoms with Crippen LogP contribution in [0.4, 0.5) is 0 Å². The van der Waals surface area contributed by atoms with Crippen molar-refractivity contribution >= 4 is 17.1 Å². The van der Waals surface area contributed by atoms with Crippen LogP contribution in [0.5, 0.6) is 17.2 Å². The molecule has 0 fully saturated rings. The molecule has 12 nitrogen and oxygen atoms in total. The first-order chi connectivity index (χ1) is 17.8. The zero-order valence-corrected chi connectivity index (χ0v) is 23.4. The molecule has 0 saturated carbocycles. The number of allylic oxidation sites excluding steroid dienone is 1. The van der Waals surface area contributed by atoms with E-state index in [1.54, 1.807) is 30.1 Å². The number of ether oxygens (including phenoxy) is 3. The van der Waals surface area contributed by atoms with Gasteiger partial charge in [0.1, 0.15) is 0 Å². The number of imidazole rings is 1. The Balaban J connectivity index is 0.00000400. The summed E-state index contributed by atoms with van der Waals surface area (Å²) in [7, 11) is 7.56. The molecule has 204 valence electrons. The van der Waals surface area contributed by atoms with Crippen LogP contribution in [-0.2, 0) is 20.6 Å². The summed E-state index contributed by atoms with van der Waals surface area (Å²) in [5.74, 6) is 0.919. The van der Waals surface area contributed by atoms with Crippen LogP contribution in [0.1, 0.15) is 16.8 Å². The van der Waals surface area contributed by atoms with Crippen molar-refractivity contribution in [3.8, 4) is 17.2 Å². The number of halogens is 1. The molecule has 1 N–H and O–H groups in total. The number of amides is 1. The van der Waals surface area contributed by atoms with Crippen LogP contribution in [0, 0.1) is 0 Å². The van der Waals surface area contributed by atoms with Gasteiger partial charge in [0.2, 0.25) is 5.75 Å². The summed E-state index contributed by atoms with van der Waals surface area (Å²) in [5, 5.41) is 2.90. The van der Waals surface area contributed by atoms with Gasteiger partial charge in [-0.1, -0.05) is 0 Å². The summed E-state index contributed by atoms with van der Waals surface area (Å²) in [6.45, 7) is 1.91. The number of nitrogens with one attached hydrogen (secondary N) is 1. The maximum Gasteiger partial charge on any atom is 0.332 e. The van der Waals surface area contributed by atoms with E-state index in [0.29, 0.717) is 52.8 Å². The van der Waals surface area contributed by atoms with Crippen molar-refractivity contribution in [1.82, 2.24) is 28.9 Å². The molecule has 3 heterocycles. The molecular formula is C25H30BrN6O6-. The Morgan fingerprint density at radius 1 is 1.03 bits per heavy atom. The van der Waals surface area contributed by atoms with Crippen molar-refractivity contribution in [2.45, 2.75) is 13.0 Å². The lowest BCUT2D eigenvalue weighted by molar-refractivity contribution is -0.0000168. The van der Waals surface area contributed by atoms with Gasteiger partial charge in [-0.05, 0) is 30.7 Å². The van der Waals surface area contributed by atoms with Gasteiger partial charge in [-0.25, -0.2) is 9.78 Å². The average molecular weight is 590 g/mol. The van der Waals surface area contributed by atoms with Gasteiger partial charge >= 0.3 is 5.69 Å². The van der Waals surface area contributed by atoms with Gasteiger partial charge in [-0.3, -0.25) is 18.7 Å². The second-order valence-electron chi connectivity index (χ2n) is 8.51. The van der Waals surface area contributed by atoms with Crippen LogP contribution in [-0.4, -0.2) is 63.9 Å². The summed E-state index contributed by atoms with van der Waals surface area (Å²) in [6.07, 6.45) is 8.02. The highest BCUT2D eigenvalue weighted by Gasteiger charge is 2.18. The molecule has 1 aliphatic rings. The van der Waals surface area contributed by atoms with Crippen molar-refractivity contribution < 1.29 is 36.0 Å². The number of rotatable bonds is 9. The highest BCUT2D eigenvalue weighted by molar-refractivity contribution is 5.97. The van der Waals surface area contributed by atoms with Crippen molar-refractivity contribution in [2.24, 2.45) is 14.1 Å². The van der Waals surface area contributed by atoms with Gasteiger partial charge < -0.3 is 46.0 Å². The summed E-state index contributed by atoms with van der Waals surface area (Å²) in [5.41, 5.74) is 1.09. The summed E-state index contributed by atoms with van der Waals surface area (Å²) in [6, 6.07) is 3.20. The Labute approximate surface area is 229 Å². The van der Waals surface area contributed by atoms with Crippen LogP contribution < -0.4 is 47.8 Å². The number of benzene rings is 1. The number of hydrogen-bond donors (Lipinski definition) is 1. The molecule has 0 radical (unpaired) electrons. The van der Waals surface area contributed by atoms with E-state index >= 15 is 0 Å². The first-order valence-electron chi connectivity index (χ1n) is 11.6. The number of aryl methyl sites for hydroxylation is 2. The third-order valence-corrected chi connectivity index (χ3v) is 6.26. The van der Waals surface area contributed by atoms with Crippen molar-refractivity contribution in [3.05, 3.63) is 68.9 Å². The van der Waals surface area contributed by atoms with Crippen LogP contribution >= 0.6 is 0 Å². The second-order valence-corrected chi connectivity index (χ2v) is 8.51. The van der Waals surface area contributed by atoms with Crippen LogP contribution in [0.3, 0.4) is 0 Å². The summed E-state index contributed by atoms with van der Waals surface area (Å²) in [4.78, 5) is 43.9. The third-order valence-electron chi connectivity index (χ3n) is 6.26. The van der Waals surface area contributed by atoms with Crippen LogP contribution in [0.15, 0.2) is 52.1 Å². The zero-order valence-electron chi connectivity index (χ0n) is 21.9. The van der Waals surface area contributed by atoms with E-state index in [0.717, 1.165) is 17.5 Å². The van der Waals surface area contributed by atoms with E-state index in [4.69, 9.17) is 14.2 Å². The molecule has 0 spiro atoms. The molecule has 0 saturated heterocycles. The highest BCUT2D eigenvalue weighted by Crippen LogP contribution is 2.38. The predicted molar refractivity (Wildman–Crippen MR) is 137 cm³/mol. The Morgan fingerprint density at radius 2 is 1.71 bits per heavy atom. The lowest BCUT2D eigenvalue weighted by Gasteiger charge is -2.23. The second kappa shape index (κ2) is 12.0. The summed E-state index contributed by atoms with van der Waals surface area (Å²) >= 11 is 0. The van der Waals surface area contributed by atoms with E-state index in [9.17, 15) is 14.4 Å². The molecule has 13 heteroatoms. The predicted octanol–water partition coefficient (Wildman–Crippen LogP) is -2.00. The molecular weight excluding hydrogens is 560 g/mol. The number of carbonyl (C=O) groups excluding carboxylic acids is 1. The minimum Gasteiger partial charge on any atom is -1.00 e. The fourth-order valence-corrected chi connectivity index (χ4v) is 4.21. The maximum absolute atomic E-state index is 12.8. The SMILES string of the molecule is COc1cc(C(=O)NC2=CCN(CCCn3cnc4c3c(=O)n(C)c(=O)n4C)C=C2)cc(OC)c1OC.[Br-]. The molecule has 4 rings (SSSR count). The molecule has 0 atom stereocenters. The largest absolute Gasteiger partial charge is 1.00 e. The van der Waals surface area contributed by atoms with Crippen molar-refractivity contribution in [2.75, 3.05) is 34.4 Å². The first-order valence-corrected chi connectivity index (χ1v) is 11.6. The molecule has 1 aliphatic heterocycles.